The Morgan fingerprint density at radius 1 is 1.12 bits per heavy atom. The number of ether oxygens (including phenoxy) is 2. The molecule has 2 aromatic heterocycles. The van der Waals surface area contributed by atoms with Crippen molar-refractivity contribution in [1.29, 1.82) is 0 Å². The molecule has 3 N–H and O–H groups in total. The molecule has 0 fully saturated rings. The molecule has 2 heterocycles. The van der Waals surface area contributed by atoms with E-state index >= 15 is 0 Å². The van der Waals surface area contributed by atoms with Gasteiger partial charge in [0, 0.05) is 29.3 Å². The number of aryl methyl sites for hydroxylation is 1. The van der Waals surface area contributed by atoms with E-state index in [1.54, 1.807) is 46.3 Å². The van der Waals surface area contributed by atoms with E-state index in [0.717, 1.165) is 11.3 Å². The van der Waals surface area contributed by atoms with Crippen molar-refractivity contribution in [2.24, 2.45) is 0 Å². The Hall–Kier alpha value is -3.82. The van der Waals surface area contributed by atoms with Crippen LogP contribution in [0.1, 0.15) is 43.3 Å². The van der Waals surface area contributed by atoms with E-state index in [0.29, 0.717) is 28.6 Å². The number of methoxy groups -OCH3 is 2. The van der Waals surface area contributed by atoms with E-state index in [1.165, 1.54) is 4.68 Å². The first-order chi connectivity index (χ1) is 15.5. The highest BCUT2D eigenvalue weighted by molar-refractivity contribution is 5.88. The molecule has 3 aromatic rings. The number of hydrogen-bond donors (Lipinski definition) is 3. The van der Waals surface area contributed by atoms with Crippen LogP contribution in [0.15, 0.2) is 29.1 Å². The quantitative estimate of drug-likeness (QED) is 0.526. The maximum absolute atomic E-state index is 12.7. The molecule has 2 amide bonds. The summed E-state index contributed by atoms with van der Waals surface area (Å²) in [6.45, 7) is 9.76. The molecule has 1 aromatic carbocycles. The molecule has 0 radical (unpaired) electrons. The SMILES string of the molecule is COc1ccc(CNC(=O)Nc2cc(C(C)(C)C)nn2-c2nc(C)c(C)c(=O)[nH]2)cc1OC. The van der Waals surface area contributed by atoms with E-state index in [4.69, 9.17) is 9.47 Å². The normalized spacial score (nSPS) is 11.2. The minimum Gasteiger partial charge on any atom is -0.493 e. The number of amides is 2. The molecule has 0 unspecified atom stereocenters. The molecule has 0 spiro atoms. The van der Waals surface area contributed by atoms with Crippen molar-refractivity contribution < 1.29 is 14.3 Å². The summed E-state index contributed by atoms with van der Waals surface area (Å²) in [7, 11) is 3.12. The Balaban J connectivity index is 1.85. The average molecular weight is 455 g/mol. The Morgan fingerprint density at radius 2 is 1.82 bits per heavy atom. The molecular formula is C23H30N6O4. The molecule has 33 heavy (non-hydrogen) atoms. The van der Waals surface area contributed by atoms with E-state index < -0.39 is 6.03 Å². The fourth-order valence-corrected chi connectivity index (χ4v) is 3.06. The van der Waals surface area contributed by atoms with Gasteiger partial charge in [-0.05, 0) is 31.5 Å². The molecule has 0 atom stereocenters. The second kappa shape index (κ2) is 9.35. The van der Waals surface area contributed by atoms with Crippen LogP contribution in [0.3, 0.4) is 0 Å². The zero-order valence-corrected chi connectivity index (χ0v) is 20.0. The third-order valence-corrected chi connectivity index (χ3v) is 5.20. The first kappa shape index (κ1) is 23.8. The molecule has 3 rings (SSSR count). The van der Waals surface area contributed by atoms with Gasteiger partial charge in [0.25, 0.3) is 5.56 Å². The van der Waals surface area contributed by atoms with Gasteiger partial charge in [-0.1, -0.05) is 26.8 Å². The van der Waals surface area contributed by atoms with Crippen molar-refractivity contribution in [2.75, 3.05) is 19.5 Å². The van der Waals surface area contributed by atoms with Crippen molar-refractivity contribution in [2.45, 2.75) is 46.6 Å². The Morgan fingerprint density at radius 3 is 2.42 bits per heavy atom. The standard InChI is InChI=1S/C23H30N6O4/c1-13-14(2)25-21(27-20(13)30)29-19(11-18(28-29)23(3,4)5)26-22(31)24-12-15-8-9-16(32-6)17(10-15)33-7/h8-11H,12H2,1-7H3,(H2,24,26,31)(H,25,27,30). The molecule has 0 bridgehead atoms. The van der Waals surface area contributed by atoms with Crippen molar-refractivity contribution >= 4 is 11.8 Å². The van der Waals surface area contributed by atoms with Gasteiger partial charge in [0.1, 0.15) is 5.82 Å². The second-order valence-electron chi connectivity index (χ2n) is 8.67. The van der Waals surface area contributed by atoms with Crippen LogP contribution in [0.25, 0.3) is 5.95 Å². The number of anilines is 1. The lowest BCUT2D eigenvalue weighted by atomic mass is 9.92. The summed E-state index contributed by atoms with van der Waals surface area (Å²) in [5, 5.41) is 10.2. The van der Waals surface area contributed by atoms with Gasteiger partial charge in [0.05, 0.1) is 19.9 Å². The predicted molar refractivity (Wildman–Crippen MR) is 126 cm³/mol. The summed E-state index contributed by atoms with van der Waals surface area (Å²) in [4.78, 5) is 32.1. The van der Waals surface area contributed by atoms with E-state index in [-0.39, 0.29) is 23.5 Å². The van der Waals surface area contributed by atoms with Crippen LogP contribution in [0.5, 0.6) is 11.5 Å². The number of nitrogens with zero attached hydrogens (tertiary/aromatic N) is 3. The number of aromatic nitrogens is 4. The highest BCUT2D eigenvalue weighted by atomic mass is 16.5. The highest BCUT2D eigenvalue weighted by Gasteiger charge is 2.22. The number of carbonyl (C=O) groups excluding carboxylic acids is 1. The second-order valence-corrected chi connectivity index (χ2v) is 8.67. The monoisotopic (exact) mass is 454 g/mol. The molecule has 0 saturated carbocycles. The Kier molecular flexibility index (Phi) is 6.75. The summed E-state index contributed by atoms with van der Waals surface area (Å²) >= 11 is 0. The lowest BCUT2D eigenvalue weighted by Gasteiger charge is -2.14. The third-order valence-electron chi connectivity index (χ3n) is 5.20. The number of H-pyrrole nitrogens is 1. The molecule has 0 aliphatic carbocycles. The van der Waals surface area contributed by atoms with Gasteiger partial charge >= 0.3 is 6.03 Å². The minimum absolute atomic E-state index is 0.230. The average Bonchev–Trinajstić information content (AvgIpc) is 3.19. The van der Waals surface area contributed by atoms with Gasteiger partial charge in [-0.15, -0.1) is 0 Å². The predicted octanol–water partition coefficient (Wildman–Crippen LogP) is 3.21. The summed E-state index contributed by atoms with van der Waals surface area (Å²) in [6, 6.07) is 6.75. The lowest BCUT2D eigenvalue weighted by molar-refractivity contribution is 0.251. The van der Waals surface area contributed by atoms with Crippen LogP contribution in [-0.4, -0.2) is 40.0 Å². The Labute approximate surface area is 192 Å². The van der Waals surface area contributed by atoms with Crippen LogP contribution in [0, 0.1) is 13.8 Å². The zero-order valence-electron chi connectivity index (χ0n) is 20.0. The summed E-state index contributed by atoms with van der Waals surface area (Å²) in [5.41, 5.74) is 2.16. The van der Waals surface area contributed by atoms with Crippen LogP contribution in [-0.2, 0) is 12.0 Å². The van der Waals surface area contributed by atoms with Gasteiger partial charge in [-0.2, -0.15) is 9.78 Å². The lowest BCUT2D eigenvalue weighted by Crippen LogP contribution is -2.29. The van der Waals surface area contributed by atoms with Crippen molar-refractivity contribution in [3.8, 4) is 17.4 Å². The molecule has 0 aliphatic heterocycles. The maximum atomic E-state index is 12.7. The number of carbonyl (C=O) groups is 1. The first-order valence-electron chi connectivity index (χ1n) is 10.5. The number of urea groups is 1. The van der Waals surface area contributed by atoms with Gasteiger partial charge in [0.15, 0.2) is 11.5 Å². The van der Waals surface area contributed by atoms with Crippen LogP contribution in [0.2, 0.25) is 0 Å². The molecule has 10 nitrogen and oxygen atoms in total. The summed E-state index contributed by atoms with van der Waals surface area (Å²) in [6.07, 6.45) is 0. The van der Waals surface area contributed by atoms with Crippen molar-refractivity contribution in [1.82, 2.24) is 25.1 Å². The van der Waals surface area contributed by atoms with Gasteiger partial charge in [-0.3, -0.25) is 15.1 Å². The number of benzene rings is 1. The van der Waals surface area contributed by atoms with E-state index in [1.807, 2.05) is 26.8 Å². The number of nitrogens with one attached hydrogen (secondary N) is 3. The van der Waals surface area contributed by atoms with Crippen LogP contribution in [0.4, 0.5) is 10.6 Å². The summed E-state index contributed by atoms with van der Waals surface area (Å²) in [5.74, 6) is 1.80. The fourth-order valence-electron chi connectivity index (χ4n) is 3.06. The number of rotatable bonds is 6. The first-order valence-corrected chi connectivity index (χ1v) is 10.5. The molecular weight excluding hydrogens is 424 g/mol. The molecule has 0 aliphatic rings. The third kappa shape index (κ3) is 5.33. The van der Waals surface area contributed by atoms with Crippen LogP contribution >= 0.6 is 0 Å². The zero-order chi connectivity index (χ0) is 24.3. The molecule has 0 saturated heterocycles. The topological polar surface area (TPSA) is 123 Å². The fraction of sp³-hybridized carbons (Fsp3) is 0.391. The molecule has 176 valence electrons. The minimum atomic E-state index is -0.433. The maximum Gasteiger partial charge on any atom is 0.320 e. The van der Waals surface area contributed by atoms with Gasteiger partial charge in [-0.25, -0.2) is 9.78 Å². The smallest absolute Gasteiger partial charge is 0.320 e. The van der Waals surface area contributed by atoms with Gasteiger partial charge in [0.2, 0.25) is 5.95 Å². The number of hydrogen-bond acceptors (Lipinski definition) is 6. The van der Waals surface area contributed by atoms with Gasteiger partial charge < -0.3 is 14.8 Å². The van der Waals surface area contributed by atoms with E-state index in [9.17, 15) is 9.59 Å². The number of aromatic amines is 1. The highest BCUT2D eigenvalue weighted by Crippen LogP contribution is 2.28. The largest absolute Gasteiger partial charge is 0.493 e. The van der Waals surface area contributed by atoms with Crippen molar-refractivity contribution in [3.63, 3.8) is 0 Å². The summed E-state index contributed by atoms with van der Waals surface area (Å²) < 4.78 is 12.0. The van der Waals surface area contributed by atoms with Crippen molar-refractivity contribution in [3.05, 3.63) is 57.1 Å². The molecule has 10 heteroatoms. The Bertz CT molecular complexity index is 1220. The van der Waals surface area contributed by atoms with Crippen LogP contribution < -0.4 is 25.7 Å². The van der Waals surface area contributed by atoms with E-state index in [2.05, 4.69) is 25.7 Å².